The highest BCUT2D eigenvalue weighted by molar-refractivity contribution is 7.89. The fourth-order valence-corrected chi connectivity index (χ4v) is 4.67. The Morgan fingerprint density at radius 3 is 2.52 bits per heavy atom. The minimum atomic E-state index is -4.44. The van der Waals surface area contributed by atoms with Gasteiger partial charge in [-0.15, -0.1) is 0 Å². The zero-order chi connectivity index (χ0) is 22.4. The first-order chi connectivity index (χ1) is 14.8. The molecule has 1 saturated heterocycles. The van der Waals surface area contributed by atoms with Crippen LogP contribution in [0.1, 0.15) is 12.0 Å². The number of ether oxygens (including phenoxy) is 1. The Balaban J connectivity index is 1.63. The van der Waals surface area contributed by atoms with Gasteiger partial charge in [0.25, 0.3) is 0 Å². The highest BCUT2D eigenvalue weighted by atomic mass is 32.2. The number of benzene rings is 2. The lowest BCUT2D eigenvalue weighted by Crippen LogP contribution is -2.53. The van der Waals surface area contributed by atoms with Crippen molar-refractivity contribution in [2.45, 2.75) is 24.1 Å². The van der Waals surface area contributed by atoms with E-state index in [1.54, 1.807) is 24.3 Å². The van der Waals surface area contributed by atoms with Gasteiger partial charge < -0.3 is 15.4 Å². The summed E-state index contributed by atoms with van der Waals surface area (Å²) in [7, 11) is -4.44. The van der Waals surface area contributed by atoms with Crippen molar-refractivity contribution in [3.8, 4) is 0 Å². The molecule has 31 heavy (non-hydrogen) atoms. The second-order valence-corrected chi connectivity index (χ2v) is 8.61. The molecule has 0 aliphatic carbocycles. The Labute approximate surface area is 178 Å². The van der Waals surface area contributed by atoms with E-state index in [0.29, 0.717) is 12.5 Å². The Kier molecular flexibility index (Phi) is 7.31. The molecule has 2 aromatic rings. The van der Waals surface area contributed by atoms with Crippen LogP contribution in [0.15, 0.2) is 53.4 Å². The van der Waals surface area contributed by atoms with E-state index in [0.717, 1.165) is 22.0 Å². The fourth-order valence-electron chi connectivity index (χ4n) is 3.02. The first kappa shape index (κ1) is 22.8. The van der Waals surface area contributed by atoms with Crippen LogP contribution in [-0.4, -0.2) is 50.5 Å². The van der Waals surface area contributed by atoms with Crippen LogP contribution in [-0.2, 0) is 30.9 Å². The number of nitrogens with zero attached hydrogens (tertiary/aromatic N) is 1. The molecule has 0 radical (unpaired) electrons. The van der Waals surface area contributed by atoms with Gasteiger partial charge in [0.05, 0.1) is 13.2 Å². The van der Waals surface area contributed by atoms with E-state index < -0.39 is 44.6 Å². The molecule has 0 saturated carbocycles. The predicted octanol–water partition coefficient (Wildman–Crippen LogP) is 1.13. The quantitative estimate of drug-likeness (QED) is 0.639. The summed E-state index contributed by atoms with van der Waals surface area (Å²) in [6, 6.07) is 11.1. The lowest BCUT2D eigenvalue weighted by atomic mass is 10.2. The molecule has 1 atom stereocenters. The third-order valence-corrected chi connectivity index (χ3v) is 6.48. The van der Waals surface area contributed by atoms with Crippen molar-refractivity contribution in [1.29, 1.82) is 0 Å². The van der Waals surface area contributed by atoms with Gasteiger partial charge in [0, 0.05) is 13.1 Å². The van der Waals surface area contributed by atoms with Gasteiger partial charge in [-0.1, -0.05) is 30.3 Å². The van der Waals surface area contributed by atoms with E-state index in [9.17, 15) is 26.8 Å². The van der Waals surface area contributed by atoms with Gasteiger partial charge in [-0.05, 0) is 30.2 Å². The van der Waals surface area contributed by atoms with Gasteiger partial charge in [0.2, 0.25) is 10.0 Å². The van der Waals surface area contributed by atoms with E-state index in [4.69, 9.17) is 4.74 Å². The molecular weight excluding hydrogens is 432 g/mol. The molecule has 0 spiro atoms. The molecule has 1 heterocycles. The predicted molar refractivity (Wildman–Crippen MR) is 106 cm³/mol. The minimum absolute atomic E-state index is 0.0149. The maximum Gasteiger partial charge on any atom is 0.309 e. The SMILES string of the molecule is O=C(NCc1ccccc1)C(=O)NCC1OCCCN1S(=O)(=O)c1cc(F)ccc1F. The summed E-state index contributed by atoms with van der Waals surface area (Å²) in [6.07, 6.45) is -0.842. The van der Waals surface area contributed by atoms with Crippen LogP contribution < -0.4 is 10.6 Å². The standard InChI is InChI=1S/C20H21F2N3O5S/c21-15-7-8-16(22)17(11-15)31(28,29)25-9-4-10-30-18(25)13-24-20(27)19(26)23-12-14-5-2-1-3-6-14/h1-3,5-8,11,18H,4,9-10,12-13H2,(H,23,26)(H,24,27). The van der Waals surface area contributed by atoms with Gasteiger partial charge >= 0.3 is 11.8 Å². The summed E-state index contributed by atoms with van der Waals surface area (Å²) in [4.78, 5) is 23.2. The number of sulfonamides is 1. The molecular formula is C20H21F2N3O5S. The van der Waals surface area contributed by atoms with Crippen LogP contribution in [0, 0.1) is 11.6 Å². The van der Waals surface area contributed by atoms with E-state index in [2.05, 4.69) is 10.6 Å². The number of carbonyl (C=O) groups is 2. The summed E-state index contributed by atoms with van der Waals surface area (Å²) in [5, 5.41) is 4.77. The summed E-state index contributed by atoms with van der Waals surface area (Å²) >= 11 is 0. The summed E-state index contributed by atoms with van der Waals surface area (Å²) in [6.45, 7) is -0.00243. The third-order valence-electron chi connectivity index (χ3n) is 4.57. The second-order valence-electron chi connectivity index (χ2n) is 6.75. The molecule has 1 aliphatic rings. The first-order valence-electron chi connectivity index (χ1n) is 9.47. The van der Waals surface area contributed by atoms with E-state index in [1.807, 2.05) is 6.07 Å². The summed E-state index contributed by atoms with van der Waals surface area (Å²) < 4.78 is 59.5. The van der Waals surface area contributed by atoms with Crippen LogP contribution in [0.25, 0.3) is 0 Å². The molecule has 11 heteroatoms. The number of nitrogens with one attached hydrogen (secondary N) is 2. The molecule has 0 bridgehead atoms. The zero-order valence-electron chi connectivity index (χ0n) is 16.4. The van der Waals surface area contributed by atoms with Crippen molar-refractivity contribution in [1.82, 2.24) is 14.9 Å². The molecule has 1 unspecified atom stereocenters. The zero-order valence-corrected chi connectivity index (χ0v) is 17.2. The normalized spacial score (nSPS) is 17.2. The van der Waals surface area contributed by atoms with Crippen molar-refractivity contribution in [3.63, 3.8) is 0 Å². The van der Waals surface area contributed by atoms with Crippen molar-refractivity contribution in [2.75, 3.05) is 19.7 Å². The van der Waals surface area contributed by atoms with E-state index in [1.165, 1.54) is 0 Å². The molecule has 2 amide bonds. The molecule has 2 aromatic carbocycles. The topological polar surface area (TPSA) is 105 Å². The maximum atomic E-state index is 14.1. The molecule has 0 aromatic heterocycles. The van der Waals surface area contributed by atoms with Crippen LogP contribution in [0.4, 0.5) is 8.78 Å². The average molecular weight is 453 g/mol. The van der Waals surface area contributed by atoms with Gasteiger partial charge in [0.15, 0.2) is 0 Å². The highest BCUT2D eigenvalue weighted by Crippen LogP contribution is 2.24. The number of halogens is 2. The lowest BCUT2D eigenvalue weighted by Gasteiger charge is -2.34. The Morgan fingerprint density at radius 1 is 1.06 bits per heavy atom. The number of amides is 2. The van der Waals surface area contributed by atoms with Crippen LogP contribution in [0.3, 0.4) is 0 Å². The van der Waals surface area contributed by atoms with Crippen molar-refractivity contribution < 1.29 is 31.5 Å². The van der Waals surface area contributed by atoms with Crippen molar-refractivity contribution >= 4 is 21.8 Å². The molecule has 3 rings (SSSR count). The molecule has 2 N–H and O–H groups in total. The Morgan fingerprint density at radius 2 is 1.77 bits per heavy atom. The molecule has 1 fully saturated rings. The van der Waals surface area contributed by atoms with Gasteiger partial charge in [-0.3, -0.25) is 9.59 Å². The number of hydrogen-bond donors (Lipinski definition) is 2. The van der Waals surface area contributed by atoms with E-state index in [-0.39, 0.29) is 26.2 Å². The molecule has 1 aliphatic heterocycles. The molecule has 166 valence electrons. The second kappa shape index (κ2) is 9.94. The van der Waals surface area contributed by atoms with Crippen molar-refractivity contribution in [3.05, 3.63) is 65.7 Å². The largest absolute Gasteiger partial charge is 0.360 e. The summed E-state index contributed by atoms with van der Waals surface area (Å²) in [5.41, 5.74) is 0.800. The Hall–Kier alpha value is -2.89. The van der Waals surface area contributed by atoms with E-state index >= 15 is 0 Å². The minimum Gasteiger partial charge on any atom is -0.360 e. The summed E-state index contributed by atoms with van der Waals surface area (Å²) in [5.74, 6) is -3.88. The monoisotopic (exact) mass is 453 g/mol. The maximum absolute atomic E-state index is 14.1. The van der Waals surface area contributed by atoms with Crippen LogP contribution >= 0.6 is 0 Å². The van der Waals surface area contributed by atoms with Gasteiger partial charge in [-0.2, -0.15) is 4.31 Å². The number of rotatable bonds is 6. The lowest BCUT2D eigenvalue weighted by molar-refractivity contribution is -0.140. The smallest absolute Gasteiger partial charge is 0.309 e. The van der Waals surface area contributed by atoms with Crippen LogP contribution in [0.2, 0.25) is 0 Å². The third kappa shape index (κ3) is 5.63. The molecule has 8 nitrogen and oxygen atoms in total. The van der Waals surface area contributed by atoms with Gasteiger partial charge in [-0.25, -0.2) is 17.2 Å². The van der Waals surface area contributed by atoms with Crippen molar-refractivity contribution in [2.24, 2.45) is 0 Å². The fraction of sp³-hybridized carbons (Fsp3) is 0.300. The number of hydrogen-bond acceptors (Lipinski definition) is 5. The average Bonchev–Trinajstić information content (AvgIpc) is 2.78. The van der Waals surface area contributed by atoms with Crippen LogP contribution in [0.5, 0.6) is 0 Å². The highest BCUT2D eigenvalue weighted by Gasteiger charge is 2.36. The first-order valence-corrected chi connectivity index (χ1v) is 10.9. The Bertz CT molecular complexity index is 1050. The van der Waals surface area contributed by atoms with Gasteiger partial charge in [0.1, 0.15) is 22.8 Å². The number of carbonyl (C=O) groups excluding carboxylic acids is 2.